The zero-order valence-electron chi connectivity index (χ0n) is 15.7. The summed E-state index contributed by atoms with van der Waals surface area (Å²) in [5, 5.41) is 4.24. The van der Waals surface area contributed by atoms with Gasteiger partial charge in [-0.2, -0.15) is 5.10 Å². The van der Waals surface area contributed by atoms with E-state index < -0.39 is 0 Å². The second kappa shape index (κ2) is 7.72. The zero-order chi connectivity index (χ0) is 18.7. The first-order chi connectivity index (χ1) is 12.4. The SMILES string of the molecule is Cc1cc(C(=O)N2CCC(CC(=O)N(C)Cc3ccccc3)C2)n(C)n1. The maximum absolute atomic E-state index is 12.7. The van der Waals surface area contributed by atoms with Crippen molar-refractivity contribution < 1.29 is 9.59 Å². The van der Waals surface area contributed by atoms with E-state index in [1.807, 2.05) is 55.3 Å². The van der Waals surface area contributed by atoms with E-state index in [1.54, 1.807) is 16.6 Å². The lowest BCUT2D eigenvalue weighted by Crippen LogP contribution is -2.32. The summed E-state index contributed by atoms with van der Waals surface area (Å²) in [7, 11) is 3.63. The lowest BCUT2D eigenvalue weighted by Gasteiger charge is -2.20. The van der Waals surface area contributed by atoms with E-state index in [-0.39, 0.29) is 17.7 Å². The van der Waals surface area contributed by atoms with Gasteiger partial charge in [-0.05, 0) is 30.9 Å². The Morgan fingerprint density at radius 3 is 2.65 bits per heavy atom. The predicted molar refractivity (Wildman–Crippen MR) is 99.5 cm³/mol. The zero-order valence-corrected chi connectivity index (χ0v) is 15.7. The maximum Gasteiger partial charge on any atom is 0.272 e. The third-order valence-electron chi connectivity index (χ3n) is 4.95. The van der Waals surface area contributed by atoms with Crippen LogP contribution in [-0.4, -0.2) is 51.5 Å². The van der Waals surface area contributed by atoms with Crippen molar-refractivity contribution in [2.24, 2.45) is 13.0 Å². The van der Waals surface area contributed by atoms with Gasteiger partial charge in [0.05, 0.1) is 5.69 Å². The van der Waals surface area contributed by atoms with Crippen LogP contribution in [0.1, 0.15) is 34.6 Å². The van der Waals surface area contributed by atoms with Crippen LogP contribution in [-0.2, 0) is 18.4 Å². The molecule has 1 aliphatic rings. The Bertz CT molecular complexity index is 784. The number of rotatable bonds is 5. The Balaban J connectivity index is 1.53. The fourth-order valence-electron chi connectivity index (χ4n) is 3.50. The minimum Gasteiger partial charge on any atom is -0.341 e. The van der Waals surface area contributed by atoms with Gasteiger partial charge in [0, 0.05) is 40.2 Å². The highest BCUT2D eigenvalue weighted by Crippen LogP contribution is 2.22. The summed E-state index contributed by atoms with van der Waals surface area (Å²) < 4.78 is 1.63. The summed E-state index contributed by atoms with van der Waals surface area (Å²) in [6.45, 7) is 3.82. The summed E-state index contributed by atoms with van der Waals surface area (Å²) in [5.41, 5.74) is 2.57. The molecule has 0 spiro atoms. The third-order valence-corrected chi connectivity index (χ3v) is 4.95. The molecule has 1 atom stereocenters. The number of carbonyl (C=O) groups excluding carboxylic acids is 2. The number of likely N-dealkylation sites (tertiary alicyclic amines) is 1. The molecule has 6 heteroatoms. The van der Waals surface area contributed by atoms with Crippen LogP contribution in [0.25, 0.3) is 0 Å². The second-order valence-electron chi connectivity index (χ2n) is 7.14. The van der Waals surface area contributed by atoms with Crippen molar-refractivity contribution in [1.29, 1.82) is 0 Å². The molecule has 0 bridgehead atoms. The second-order valence-corrected chi connectivity index (χ2v) is 7.14. The highest BCUT2D eigenvalue weighted by molar-refractivity contribution is 5.93. The van der Waals surface area contributed by atoms with Crippen molar-refractivity contribution in [3.8, 4) is 0 Å². The van der Waals surface area contributed by atoms with Crippen LogP contribution in [0.15, 0.2) is 36.4 Å². The molecule has 0 radical (unpaired) electrons. The summed E-state index contributed by atoms with van der Waals surface area (Å²) in [5.74, 6) is 0.351. The number of amides is 2. The molecule has 2 amide bonds. The van der Waals surface area contributed by atoms with Gasteiger partial charge in [0.2, 0.25) is 5.91 Å². The lowest BCUT2D eigenvalue weighted by molar-refractivity contribution is -0.131. The van der Waals surface area contributed by atoms with Crippen LogP contribution in [0, 0.1) is 12.8 Å². The van der Waals surface area contributed by atoms with E-state index in [0.29, 0.717) is 31.7 Å². The van der Waals surface area contributed by atoms with Crippen LogP contribution >= 0.6 is 0 Å². The number of aryl methyl sites for hydroxylation is 2. The number of aromatic nitrogens is 2. The fourth-order valence-corrected chi connectivity index (χ4v) is 3.50. The quantitative estimate of drug-likeness (QED) is 0.827. The van der Waals surface area contributed by atoms with Gasteiger partial charge in [-0.15, -0.1) is 0 Å². The van der Waals surface area contributed by atoms with Gasteiger partial charge in [0.1, 0.15) is 5.69 Å². The maximum atomic E-state index is 12.7. The first-order valence-corrected chi connectivity index (χ1v) is 9.02. The topological polar surface area (TPSA) is 58.4 Å². The molecular weight excluding hydrogens is 328 g/mol. The van der Waals surface area contributed by atoms with E-state index in [1.165, 1.54) is 0 Å². The van der Waals surface area contributed by atoms with Crippen LogP contribution in [0.2, 0.25) is 0 Å². The highest BCUT2D eigenvalue weighted by atomic mass is 16.2. The third kappa shape index (κ3) is 4.12. The minimum atomic E-state index is 0.000638. The number of hydrogen-bond donors (Lipinski definition) is 0. The minimum absolute atomic E-state index is 0.000638. The van der Waals surface area contributed by atoms with Gasteiger partial charge in [-0.3, -0.25) is 14.3 Å². The van der Waals surface area contributed by atoms with Gasteiger partial charge in [-0.1, -0.05) is 30.3 Å². The lowest BCUT2D eigenvalue weighted by atomic mass is 10.0. The molecule has 138 valence electrons. The molecule has 0 aliphatic carbocycles. The van der Waals surface area contributed by atoms with Crippen molar-refractivity contribution in [3.05, 3.63) is 53.3 Å². The van der Waals surface area contributed by atoms with Crippen molar-refractivity contribution >= 4 is 11.8 Å². The standard InChI is InChI=1S/C20H26N4O2/c1-15-11-18(23(3)21-15)20(26)24-10-9-17(14-24)12-19(25)22(2)13-16-7-5-4-6-8-16/h4-8,11,17H,9-10,12-14H2,1-3H3. The average Bonchev–Trinajstić information content (AvgIpc) is 3.21. The molecule has 0 N–H and O–H groups in total. The molecule has 2 aromatic rings. The molecule has 1 aromatic heterocycles. The van der Waals surface area contributed by atoms with E-state index in [0.717, 1.165) is 17.7 Å². The summed E-state index contributed by atoms with van der Waals surface area (Å²) >= 11 is 0. The van der Waals surface area contributed by atoms with Gasteiger partial charge in [0.15, 0.2) is 0 Å². The summed E-state index contributed by atoms with van der Waals surface area (Å²) in [4.78, 5) is 28.8. The molecule has 26 heavy (non-hydrogen) atoms. The molecular formula is C20H26N4O2. The number of nitrogens with zero attached hydrogens (tertiary/aromatic N) is 4. The Morgan fingerprint density at radius 1 is 1.27 bits per heavy atom. The summed E-state index contributed by atoms with van der Waals surface area (Å²) in [6, 6.07) is 11.8. The molecule has 6 nitrogen and oxygen atoms in total. The molecule has 1 unspecified atom stereocenters. The van der Waals surface area contributed by atoms with Crippen LogP contribution in [0.5, 0.6) is 0 Å². The van der Waals surface area contributed by atoms with Crippen LogP contribution in [0.4, 0.5) is 0 Å². The number of benzene rings is 1. The Kier molecular flexibility index (Phi) is 5.40. The Morgan fingerprint density at radius 2 is 2.00 bits per heavy atom. The van der Waals surface area contributed by atoms with Crippen LogP contribution < -0.4 is 0 Å². The molecule has 2 heterocycles. The monoisotopic (exact) mass is 354 g/mol. The predicted octanol–water partition coefficient (Wildman–Crippen LogP) is 2.24. The van der Waals surface area contributed by atoms with Crippen molar-refractivity contribution in [3.63, 3.8) is 0 Å². The number of carbonyl (C=O) groups is 2. The molecule has 1 aliphatic heterocycles. The van der Waals surface area contributed by atoms with E-state index in [4.69, 9.17) is 0 Å². The van der Waals surface area contributed by atoms with E-state index >= 15 is 0 Å². The van der Waals surface area contributed by atoms with Gasteiger partial charge in [-0.25, -0.2) is 0 Å². The molecule has 1 aromatic carbocycles. The molecule has 0 saturated carbocycles. The van der Waals surface area contributed by atoms with Crippen molar-refractivity contribution in [2.45, 2.75) is 26.3 Å². The fraction of sp³-hybridized carbons (Fsp3) is 0.450. The van der Waals surface area contributed by atoms with Gasteiger partial charge < -0.3 is 9.80 Å². The summed E-state index contributed by atoms with van der Waals surface area (Å²) in [6.07, 6.45) is 1.35. The Hall–Kier alpha value is -2.63. The normalized spacial score (nSPS) is 16.7. The van der Waals surface area contributed by atoms with Crippen molar-refractivity contribution in [1.82, 2.24) is 19.6 Å². The molecule has 1 fully saturated rings. The van der Waals surface area contributed by atoms with Crippen molar-refractivity contribution in [2.75, 3.05) is 20.1 Å². The van der Waals surface area contributed by atoms with E-state index in [9.17, 15) is 9.59 Å². The van der Waals surface area contributed by atoms with Crippen LogP contribution in [0.3, 0.4) is 0 Å². The van der Waals surface area contributed by atoms with Gasteiger partial charge in [0.25, 0.3) is 5.91 Å². The molecule has 3 rings (SSSR count). The Labute approximate surface area is 154 Å². The first kappa shape index (κ1) is 18.2. The van der Waals surface area contributed by atoms with E-state index in [2.05, 4.69) is 5.10 Å². The largest absolute Gasteiger partial charge is 0.341 e. The number of hydrogen-bond acceptors (Lipinski definition) is 3. The smallest absolute Gasteiger partial charge is 0.272 e. The highest BCUT2D eigenvalue weighted by Gasteiger charge is 2.30. The molecule has 1 saturated heterocycles. The average molecular weight is 354 g/mol. The first-order valence-electron chi connectivity index (χ1n) is 9.02. The van der Waals surface area contributed by atoms with Gasteiger partial charge >= 0.3 is 0 Å².